The van der Waals surface area contributed by atoms with E-state index in [4.69, 9.17) is 10.7 Å². The number of nitro benzene ring substituents is 1. The van der Waals surface area contributed by atoms with E-state index in [2.05, 4.69) is 20.4 Å². The Morgan fingerprint density at radius 2 is 1.86 bits per heavy atom. The second kappa shape index (κ2) is 7.64. The van der Waals surface area contributed by atoms with Gasteiger partial charge >= 0.3 is 0 Å². The summed E-state index contributed by atoms with van der Waals surface area (Å²) in [5.41, 5.74) is 2.08. The summed E-state index contributed by atoms with van der Waals surface area (Å²) in [6.07, 6.45) is 0.284. The molecule has 0 saturated heterocycles. The molecule has 0 N–H and O–H groups in total. The molecule has 28 heavy (non-hydrogen) atoms. The van der Waals surface area contributed by atoms with Crippen LogP contribution in [0.15, 0.2) is 34.5 Å². The van der Waals surface area contributed by atoms with Gasteiger partial charge in [-0.3, -0.25) is 10.1 Å². The van der Waals surface area contributed by atoms with Crippen LogP contribution in [0.3, 0.4) is 0 Å². The Labute approximate surface area is 164 Å². The van der Waals surface area contributed by atoms with E-state index in [0.717, 1.165) is 0 Å². The van der Waals surface area contributed by atoms with E-state index < -0.39 is 14.0 Å². The molecule has 0 bridgehead atoms. The monoisotopic (exact) mass is 425 g/mol. The molecule has 2 heterocycles. The number of non-ortho nitro benzene ring substituents is 1. The normalized spacial score (nSPS) is 12.2. The smallest absolute Gasteiger partial charge is 0.258 e. The predicted molar refractivity (Wildman–Crippen MR) is 102 cm³/mol. The molecule has 0 fully saturated rings. The van der Waals surface area contributed by atoms with Gasteiger partial charge in [-0.1, -0.05) is 0 Å². The molecular weight excluding hydrogens is 410 g/mol. The third-order valence-corrected chi connectivity index (χ3v) is 5.14. The number of fused-ring (bicyclic) bond motifs is 1. The molecule has 0 atom stereocenters. The van der Waals surface area contributed by atoms with Gasteiger partial charge in [0.25, 0.3) is 5.69 Å². The number of aromatic nitrogens is 4. The Hall–Kier alpha value is -2.86. The van der Waals surface area contributed by atoms with Gasteiger partial charge < -0.3 is 0 Å². The summed E-state index contributed by atoms with van der Waals surface area (Å²) in [4.78, 5) is 10.2. The van der Waals surface area contributed by atoms with Gasteiger partial charge in [-0.05, 0) is 32.4 Å². The molecule has 1 aromatic carbocycles. The summed E-state index contributed by atoms with van der Waals surface area (Å²) in [5, 5.41) is 27.8. The Bertz CT molecular complexity index is 1170. The third-order valence-electron chi connectivity index (χ3n) is 3.91. The van der Waals surface area contributed by atoms with E-state index in [-0.39, 0.29) is 17.9 Å². The first-order valence-corrected chi connectivity index (χ1v) is 10.6. The molecule has 0 aliphatic carbocycles. The Morgan fingerprint density at radius 3 is 2.46 bits per heavy atom. The zero-order valence-corrected chi connectivity index (χ0v) is 16.6. The number of hydrogen-bond acceptors (Lipinski definition) is 8. The van der Waals surface area contributed by atoms with Gasteiger partial charge in [0.2, 0.25) is 9.05 Å². The van der Waals surface area contributed by atoms with E-state index in [1.54, 1.807) is 23.0 Å². The van der Waals surface area contributed by atoms with Crippen LogP contribution in [0.1, 0.15) is 17.9 Å². The summed E-state index contributed by atoms with van der Waals surface area (Å²) in [6, 6.07) is 5.67. The van der Waals surface area contributed by atoms with Crippen molar-refractivity contribution in [1.29, 1.82) is 0 Å². The van der Waals surface area contributed by atoms with Crippen molar-refractivity contribution in [3.8, 4) is 0 Å². The quantitative estimate of drug-likeness (QED) is 0.246. The lowest BCUT2D eigenvalue weighted by molar-refractivity contribution is -0.384. The summed E-state index contributed by atoms with van der Waals surface area (Å²) in [6.45, 7) is 3.85. The highest BCUT2D eigenvalue weighted by atomic mass is 35.7. The fraction of sp³-hybridized carbons (Fsp3) is 0.333. The number of hydrogen-bond donors (Lipinski definition) is 0. The lowest BCUT2D eigenvalue weighted by Crippen LogP contribution is -2.06. The average molecular weight is 426 g/mol. The fourth-order valence-corrected chi connectivity index (χ4v) is 3.44. The van der Waals surface area contributed by atoms with Gasteiger partial charge in [0.15, 0.2) is 11.3 Å². The number of rotatable bonds is 7. The largest absolute Gasteiger partial charge is 0.269 e. The maximum Gasteiger partial charge on any atom is 0.269 e. The van der Waals surface area contributed by atoms with Crippen molar-refractivity contribution in [2.45, 2.75) is 26.8 Å². The van der Waals surface area contributed by atoms with Gasteiger partial charge in [-0.15, -0.1) is 5.11 Å². The standard InChI is InChI=1S/C15H16ClN7O4S/c1-10-14(18-17-12-4-6-13(7-5-12)23(24)25)15-21(8-3-9-28(16,26)27)20-11(2)22(15)19-10/h4-7H,3,8-9H2,1-2H3. The van der Waals surface area contributed by atoms with Crippen LogP contribution in [-0.4, -0.2) is 38.5 Å². The van der Waals surface area contributed by atoms with Crippen molar-refractivity contribution in [3.05, 3.63) is 45.9 Å². The molecule has 0 saturated carbocycles. The van der Waals surface area contributed by atoms with E-state index in [1.807, 2.05) is 0 Å². The van der Waals surface area contributed by atoms with Crippen LogP contribution >= 0.6 is 10.7 Å². The van der Waals surface area contributed by atoms with E-state index in [1.165, 1.54) is 24.3 Å². The number of aryl methyl sites for hydroxylation is 3. The number of nitro groups is 1. The number of halogens is 1. The molecule has 0 radical (unpaired) electrons. The predicted octanol–water partition coefficient (Wildman–Crippen LogP) is 3.43. The van der Waals surface area contributed by atoms with E-state index >= 15 is 0 Å². The van der Waals surface area contributed by atoms with Crippen LogP contribution in [0.25, 0.3) is 5.65 Å². The maximum atomic E-state index is 11.1. The lowest BCUT2D eigenvalue weighted by Gasteiger charge is -2.01. The molecular formula is C15H16ClN7O4S. The fourth-order valence-electron chi connectivity index (χ4n) is 2.64. The first-order chi connectivity index (χ1) is 13.2. The second-order valence-electron chi connectivity index (χ2n) is 6.01. The van der Waals surface area contributed by atoms with Crippen molar-refractivity contribution in [2.75, 3.05) is 5.75 Å². The van der Waals surface area contributed by atoms with E-state index in [9.17, 15) is 18.5 Å². The van der Waals surface area contributed by atoms with Crippen LogP contribution in [0.5, 0.6) is 0 Å². The molecule has 0 spiro atoms. The van der Waals surface area contributed by atoms with Crippen molar-refractivity contribution < 1.29 is 13.3 Å². The summed E-state index contributed by atoms with van der Waals surface area (Å²) >= 11 is 0. The first-order valence-electron chi connectivity index (χ1n) is 8.17. The minimum atomic E-state index is -3.58. The number of benzene rings is 1. The summed E-state index contributed by atoms with van der Waals surface area (Å²) in [5.74, 6) is 0.440. The van der Waals surface area contributed by atoms with Crippen molar-refractivity contribution in [1.82, 2.24) is 19.4 Å². The Kier molecular flexibility index (Phi) is 5.42. The highest BCUT2D eigenvalue weighted by Gasteiger charge is 2.18. The van der Waals surface area contributed by atoms with Crippen molar-refractivity contribution in [3.63, 3.8) is 0 Å². The third kappa shape index (κ3) is 4.34. The topological polar surface area (TPSA) is 137 Å². The van der Waals surface area contributed by atoms with Crippen LogP contribution in [0.4, 0.5) is 17.1 Å². The Morgan fingerprint density at radius 1 is 1.18 bits per heavy atom. The van der Waals surface area contributed by atoms with Gasteiger partial charge in [-0.2, -0.15) is 19.8 Å². The zero-order valence-electron chi connectivity index (χ0n) is 15.0. The highest BCUT2D eigenvalue weighted by Crippen LogP contribution is 2.28. The molecule has 148 valence electrons. The van der Waals surface area contributed by atoms with Gasteiger partial charge in [0.05, 0.1) is 22.1 Å². The molecule has 3 rings (SSSR count). The minimum absolute atomic E-state index is 0.0361. The van der Waals surface area contributed by atoms with Crippen LogP contribution < -0.4 is 0 Å². The number of nitrogens with zero attached hydrogens (tertiary/aromatic N) is 7. The Balaban J connectivity index is 1.91. The van der Waals surface area contributed by atoms with Gasteiger partial charge in [0.1, 0.15) is 5.82 Å². The van der Waals surface area contributed by atoms with E-state index in [0.29, 0.717) is 35.1 Å². The van der Waals surface area contributed by atoms with Crippen LogP contribution in [0, 0.1) is 24.0 Å². The number of azo groups is 1. The molecule has 0 aliphatic rings. The SMILES string of the molecule is Cc1nn2c(C)nn(CCCS(=O)(=O)Cl)c2c1N=Nc1ccc([N+](=O)[O-])cc1. The van der Waals surface area contributed by atoms with Gasteiger partial charge in [-0.25, -0.2) is 13.1 Å². The molecule has 13 heteroatoms. The summed E-state index contributed by atoms with van der Waals surface area (Å²) < 4.78 is 25.5. The highest BCUT2D eigenvalue weighted by molar-refractivity contribution is 8.13. The molecule has 3 aromatic rings. The van der Waals surface area contributed by atoms with Crippen LogP contribution in [-0.2, 0) is 15.6 Å². The van der Waals surface area contributed by atoms with Crippen molar-refractivity contribution in [2.24, 2.45) is 10.2 Å². The first kappa shape index (κ1) is 19.9. The molecule has 0 amide bonds. The minimum Gasteiger partial charge on any atom is -0.258 e. The zero-order chi connectivity index (χ0) is 20.5. The maximum absolute atomic E-state index is 11.1. The summed E-state index contributed by atoms with van der Waals surface area (Å²) in [7, 11) is 1.67. The second-order valence-corrected chi connectivity index (χ2v) is 8.91. The van der Waals surface area contributed by atoms with Gasteiger partial charge in [0, 0.05) is 29.4 Å². The molecule has 11 nitrogen and oxygen atoms in total. The average Bonchev–Trinajstić information content (AvgIpc) is 3.09. The lowest BCUT2D eigenvalue weighted by atomic mass is 10.3. The van der Waals surface area contributed by atoms with Crippen molar-refractivity contribution >= 4 is 42.4 Å². The van der Waals surface area contributed by atoms with Crippen LogP contribution in [0.2, 0.25) is 0 Å². The molecule has 0 unspecified atom stereocenters. The molecule has 2 aromatic heterocycles. The molecule has 0 aliphatic heterocycles.